The minimum absolute atomic E-state index is 0.540. The highest BCUT2D eigenvalue weighted by atomic mass is 15.3. The molecule has 0 amide bonds. The lowest BCUT2D eigenvalue weighted by Gasteiger charge is -2.38. The normalized spacial score (nSPS) is 19.5. The van der Waals surface area contributed by atoms with Gasteiger partial charge in [0.05, 0.1) is 0 Å². The number of hydrogen-bond donors (Lipinski definition) is 1. The maximum absolute atomic E-state index is 5.70. The van der Waals surface area contributed by atoms with Gasteiger partial charge in [0.1, 0.15) is 0 Å². The fourth-order valence-electron chi connectivity index (χ4n) is 2.79. The number of nitrogens with zero attached hydrogens (tertiary/aromatic N) is 2. The molecule has 1 atom stereocenters. The molecule has 2 N–H and O–H groups in total. The van der Waals surface area contributed by atoms with E-state index in [4.69, 9.17) is 5.73 Å². The largest absolute Gasteiger partial charge is 0.330 e. The highest BCUT2D eigenvalue weighted by Gasteiger charge is 2.23. The van der Waals surface area contributed by atoms with Crippen molar-refractivity contribution in [3.05, 3.63) is 35.4 Å². The topological polar surface area (TPSA) is 32.5 Å². The molecule has 0 saturated carbocycles. The van der Waals surface area contributed by atoms with Gasteiger partial charge in [-0.15, -0.1) is 0 Å². The molecule has 106 valence electrons. The van der Waals surface area contributed by atoms with Gasteiger partial charge in [0, 0.05) is 32.2 Å². The second-order valence-electron chi connectivity index (χ2n) is 5.70. The van der Waals surface area contributed by atoms with E-state index in [9.17, 15) is 0 Å². The summed E-state index contributed by atoms with van der Waals surface area (Å²) in [4.78, 5) is 5.03. The van der Waals surface area contributed by atoms with Gasteiger partial charge < -0.3 is 10.6 Å². The van der Waals surface area contributed by atoms with Crippen LogP contribution < -0.4 is 5.73 Å². The first-order valence-electron chi connectivity index (χ1n) is 7.40. The number of hydrogen-bond acceptors (Lipinski definition) is 3. The molecular weight excluding hydrogens is 234 g/mol. The third-order valence-corrected chi connectivity index (χ3v) is 4.12. The van der Waals surface area contributed by atoms with E-state index < -0.39 is 0 Å². The van der Waals surface area contributed by atoms with Crippen molar-refractivity contribution in [1.82, 2.24) is 9.80 Å². The number of nitrogens with two attached hydrogens (primary N) is 1. The highest BCUT2D eigenvalue weighted by molar-refractivity contribution is 5.24. The Kier molecular flexibility index (Phi) is 5.37. The standard InChI is InChI=1S/C16H27N3/c1-14-5-7-15(8-6-14)16(4-3-9-17)19-12-10-18(2)11-13-19/h5-8,16H,3-4,9-13,17H2,1-2H3. The summed E-state index contributed by atoms with van der Waals surface area (Å²) in [5.74, 6) is 0. The molecule has 1 aliphatic rings. The van der Waals surface area contributed by atoms with Gasteiger partial charge in [-0.3, -0.25) is 4.90 Å². The van der Waals surface area contributed by atoms with Crippen LogP contribution in [0.25, 0.3) is 0 Å². The Morgan fingerprint density at radius 1 is 1.11 bits per heavy atom. The molecule has 19 heavy (non-hydrogen) atoms. The minimum Gasteiger partial charge on any atom is -0.330 e. The third-order valence-electron chi connectivity index (χ3n) is 4.12. The maximum Gasteiger partial charge on any atom is 0.0349 e. The summed E-state index contributed by atoms with van der Waals surface area (Å²) in [6.45, 7) is 7.61. The molecule has 1 unspecified atom stereocenters. The van der Waals surface area contributed by atoms with E-state index in [1.54, 1.807) is 0 Å². The molecule has 1 fully saturated rings. The number of likely N-dealkylation sites (N-methyl/N-ethyl adjacent to an activating group) is 1. The number of piperazine rings is 1. The predicted octanol–water partition coefficient (Wildman–Crippen LogP) is 2.02. The van der Waals surface area contributed by atoms with Crippen LogP contribution in [0, 0.1) is 6.92 Å². The second-order valence-corrected chi connectivity index (χ2v) is 5.70. The van der Waals surface area contributed by atoms with Crippen LogP contribution in [0.2, 0.25) is 0 Å². The summed E-state index contributed by atoms with van der Waals surface area (Å²) in [6.07, 6.45) is 2.27. The summed E-state index contributed by atoms with van der Waals surface area (Å²) in [6, 6.07) is 9.56. The van der Waals surface area contributed by atoms with E-state index in [1.807, 2.05) is 0 Å². The Morgan fingerprint density at radius 2 is 1.74 bits per heavy atom. The highest BCUT2D eigenvalue weighted by Crippen LogP contribution is 2.26. The van der Waals surface area contributed by atoms with Crippen LogP contribution in [-0.2, 0) is 0 Å². The summed E-state index contributed by atoms with van der Waals surface area (Å²) in [7, 11) is 2.21. The first kappa shape index (κ1) is 14.5. The Balaban J connectivity index is 2.08. The zero-order chi connectivity index (χ0) is 13.7. The van der Waals surface area contributed by atoms with Gasteiger partial charge in [-0.2, -0.15) is 0 Å². The molecule has 1 saturated heterocycles. The van der Waals surface area contributed by atoms with Crippen LogP contribution in [0.1, 0.15) is 30.0 Å². The third kappa shape index (κ3) is 4.03. The summed E-state index contributed by atoms with van der Waals surface area (Å²) >= 11 is 0. The lowest BCUT2D eigenvalue weighted by molar-refractivity contribution is 0.106. The quantitative estimate of drug-likeness (QED) is 0.880. The number of rotatable bonds is 5. The fourth-order valence-corrected chi connectivity index (χ4v) is 2.79. The monoisotopic (exact) mass is 261 g/mol. The van der Waals surface area contributed by atoms with Crippen molar-refractivity contribution in [3.63, 3.8) is 0 Å². The minimum atomic E-state index is 0.540. The van der Waals surface area contributed by atoms with Crippen molar-refractivity contribution in [1.29, 1.82) is 0 Å². The van der Waals surface area contributed by atoms with E-state index in [2.05, 4.69) is 48.0 Å². The average Bonchev–Trinajstić information content (AvgIpc) is 2.43. The van der Waals surface area contributed by atoms with Gasteiger partial charge in [-0.25, -0.2) is 0 Å². The van der Waals surface area contributed by atoms with Gasteiger partial charge in [0.25, 0.3) is 0 Å². The van der Waals surface area contributed by atoms with Gasteiger partial charge in [0.2, 0.25) is 0 Å². The first-order chi connectivity index (χ1) is 9.20. The Bertz CT molecular complexity index is 366. The van der Waals surface area contributed by atoms with Crippen molar-refractivity contribution < 1.29 is 0 Å². The molecule has 0 aromatic heterocycles. The molecule has 1 heterocycles. The lowest BCUT2D eigenvalue weighted by atomic mass is 9.98. The molecule has 1 aromatic carbocycles. The van der Waals surface area contributed by atoms with Crippen LogP contribution in [-0.4, -0.2) is 49.6 Å². The van der Waals surface area contributed by atoms with Crippen LogP contribution in [0.3, 0.4) is 0 Å². The summed E-state index contributed by atoms with van der Waals surface area (Å²) in [5.41, 5.74) is 8.48. The van der Waals surface area contributed by atoms with Gasteiger partial charge in [-0.1, -0.05) is 29.8 Å². The van der Waals surface area contributed by atoms with Crippen molar-refractivity contribution in [2.24, 2.45) is 5.73 Å². The zero-order valence-electron chi connectivity index (χ0n) is 12.3. The molecule has 3 heteroatoms. The van der Waals surface area contributed by atoms with Crippen LogP contribution in [0.5, 0.6) is 0 Å². The van der Waals surface area contributed by atoms with Crippen LogP contribution in [0.15, 0.2) is 24.3 Å². The Hall–Kier alpha value is -0.900. The summed E-state index contributed by atoms with van der Waals surface area (Å²) in [5, 5.41) is 0. The molecular formula is C16H27N3. The van der Waals surface area contributed by atoms with Crippen LogP contribution >= 0.6 is 0 Å². The number of aryl methyl sites for hydroxylation is 1. The maximum atomic E-state index is 5.70. The summed E-state index contributed by atoms with van der Waals surface area (Å²) < 4.78 is 0. The molecule has 1 aromatic rings. The Morgan fingerprint density at radius 3 is 2.32 bits per heavy atom. The zero-order valence-corrected chi connectivity index (χ0v) is 12.3. The van der Waals surface area contributed by atoms with Crippen molar-refractivity contribution in [2.75, 3.05) is 39.8 Å². The van der Waals surface area contributed by atoms with Gasteiger partial charge in [-0.05, 0) is 38.9 Å². The average molecular weight is 261 g/mol. The van der Waals surface area contributed by atoms with E-state index in [1.165, 1.54) is 43.7 Å². The molecule has 3 nitrogen and oxygen atoms in total. The molecule has 1 aliphatic heterocycles. The predicted molar refractivity (Wildman–Crippen MR) is 81.3 cm³/mol. The lowest BCUT2D eigenvalue weighted by Crippen LogP contribution is -2.46. The smallest absolute Gasteiger partial charge is 0.0349 e. The molecule has 2 rings (SSSR count). The van der Waals surface area contributed by atoms with E-state index in [0.717, 1.165) is 13.0 Å². The molecule has 0 spiro atoms. The first-order valence-corrected chi connectivity index (χ1v) is 7.40. The van der Waals surface area contributed by atoms with Crippen molar-refractivity contribution >= 4 is 0 Å². The Labute approximate surface area is 117 Å². The van der Waals surface area contributed by atoms with E-state index in [0.29, 0.717) is 6.04 Å². The SMILES string of the molecule is Cc1ccc(C(CCCN)N2CCN(C)CC2)cc1. The van der Waals surface area contributed by atoms with E-state index in [-0.39, 0.29) is 0 Å². The molecule has 0 bridgehead atoms. The molecule has 0 aliphatic carbocycles. The number of benzene rings is 1. The molecule has 0 radical (unpaired) electrons. The van der Waals surface area contributed by atoms with Gasteiger partial charge in [0.15, 0.2) is 0 Å². The fraction of sp³-hybridized carbons (Fsp3) is 0.625. The van der Waals surface area contributed by atoms with Gasteiger partial charge >= 0.3 is 0 Å². The van der Waals surface area contributed by atoms with Crippen LogP contribution in [0.4, 0.5) is 0 Å². The van der Waals surface area contributed by atoms with E-state index >= 15 is 0 Å². The van der Waals surface area contributed by atoms with Crippen molar-refractivity contribution in [3.8, 4) is 0 Å². The second kappa shape index (κ2) is 7.04. The van der Waals surface area contributed by atoms with Crippen molar-refractivity contribution in [2.45, 2.75) is 25.8 Å².